The van der Waals surface area contributed by atoms with E-state index in [4.69, 9.17) is 0 Å². The number of nitrogens with zero attached hydrogens (tertiary/aromatic N) is 3. The second-order valence-corrected chi connectivity index (χ2v) is 6.75. The van der Waals surface area contributed by atoms with Crippen LogP contribution in [-0.4, -0.2) is 61.9 Å². The third-order valence-corrected chi connectivity index (χ3v) is 4.72. The molecule has 2 amide bonds. The second kappa shape index (κ2) is 8.04. The Morgan fingerprint density at radius 2 is 1.23 bits per heavy atom. The quantitative estimate of drug-likeness (QED) is 0.854. The molecule has 0 N–H and O–H groups in total. The van der Waals surface area contributed by atoms with Crippen molar-refractivity contribution in [2.45, 2.75) is 6.42 Å². The lowest BCUT2D eigenvalue weighted by Gasteiger charge is -2.22. The lowest BCUT2D eigenvalue weighted by atomic mass is 10.1. The first-order chi connectivity index (χ1) is 12.6. The van der Waals surface area contributed by atoms with Gasteiger partial charge in [-0.25, -0.2) is 0 Å². The van der Waals surface area contributed by atoms with Crippen LogP contribution in [-0.2, 0) is 0 Å². The zero-order valence-electron chi connectivity index (χ0n) is 15.4. The number of amides is 2. The van der Waals surface area contributed by atoms with Gasteiger partial charge in [-0.1, -0.05) is 18.2 Å². The number of carbonyl (C=O) groups excluding carboxylic acids is 2. The van der Waals surface area contributed by atoms with Gasteiger partial charge in [0.15, 0.2) is 0 Å². The van der Waals surface area contributed by atoms with Crippen LogP contribution in [0.3, 0.4) is 0 Å². The van der Waals surface area contributed by atoms with Gasteiger partial charge in [0.1, 0.15) is 0 Å². The highest BCUT2D eigenvalue weighted by atomic mass is 16.2. The summed E-state index contributed by atoms with van der Waals surface area (Å²) >= 11 is 0. The summed E-state index contributed by atoms with van der Waals surface area (Å²) in [5.41, 5.74) is 2.46. The Bertz CT molecular complexity index is 757. The molecule has 1 heterocycles. The molecule has 1 fully saturated rings. The van der Waals surface area contributed by atoms with Crippen LogP contribution in [0.1, 0.15) is 27.1 Å². The lowest BCUT2D eigenvalue weighted by molar-refractivity contribution is 0.0719. The van der Waals surface area contributed by atoms with Gasteiger partial charge >= 0.3 is 0 Å². The highest BCUT2D eigenvalue weighted by Gasteiger charge is 2.23. The van der Waals surface area contributed by atoms with E-state index < -0.39 is 0 Å². The van der Waals surface area contributed by atoms with Gasteiger partial charge in [-0.15, -0.1) is 0 Å². The molecule has 0 radical (unpaired) electrons. The third kappa shape index (κ3) is 4.04. The van der Waals surface area contributed by atoms with Crippen molar-refractivity contribution in [2.24, 2.45) is 0 Å². The average molecular weight is 351 g/mol. The minimum atomic E-state index is 0.0318. The molecule has 3 rings (SSSR count). The van der Waals surface area contributed by atoms with Crippen LogP contribution >= 0.6 is 0 Å². The maximum atomic E-state index is 12.8. The maximum Gasteiger partial charge on any atom is 0.253 e. The molecule has 0 saturated carbocycles. The molecule has 26 heavy (non-hydrogen) atoms. The van der Waals surface area contributed by atoms with Gasteiger partial charge in [0.05, 0.1) is 0 Å². The van der Waals surface area contributed by atoms with Crippen LogP contribution in [0.2, 0.25) is 0 Å². The summed E-state index contributed by atoms with van der Waals surface area (Å²) in [6.45, 7) is 2.48. The van der Waals surface area contributed by atoms with Gasteiger partial charge in [-0.2, -0.15) is 0 Å². The highest BCUT2D eigenvalue weighted by molar-refractivity contribution is 5.95. The lowest BCUT2D eigenvalue weighted by Crippen LogP contribution is -2.37. The largest absolute Gasteiger partial charge is 0.378 e. The fraction of sp³-hybridized carbons (Fsp3) is 0.333. The minimum Gasteiger partial charge on any atom is -0.378 e. The van der Waals surface area contributed by atoms with E-state index in [9.17, 15) is 9.59 Å². The van der Waals surface area contributed by atoms with E-state index in [1.165, 1.54) is 0 Å². The molecule has 1 saturated heterocycles. The van der Waals surface area contributed by atoms with Gasteiger partial charge in [0.25, 0.3) is 11.8 Å². The third-order valence-electron chi connectivity index (χ3n) is 4.72. The molecule has 0 bridgehead atoms. The molecule has 136 valence electrons. The summed E-state index contributed by atoms with van der Waals surface area (Å²) in [6, 6.07) is 17.0. The van der Waals surface area contributed by atoms with Gasteiger partial charge in [0, 0.05) is 57.1 Å². The Balaban J connectivity index is 1.64. The van der Waals surface area contributed by atoms with Crippen LogP contribution in [0.5, 0.6) is 0 Å². The summed E-state index contributed by atoms with van der Waals surface area (Å²) in [6.07, 6.45) is 0.792. The van der Waals surface area contributed by atoms with E-state index in [-0.39, 0.29) is 11.8 Å². The molecule has 0 aromatic heterocycles. The van der Waals surface area contributed by atoms with Crippen LogP contribution in [0.15, 0.2) is 54.6 Å². The van der Waals surface area contributed by atoms with Crippen molar-refractivity contribution in [3.8, 4) is 0 Å². The van der Waals surface area contributed by atoms with Crippen molar-refractivity contribution in [3.63, 3.8) is 0 Å². The molecule has 5 nitrogen and oxygen atoms in total. The van der Waals surface area contributed by atoms with E-state index >= 15 is 0 Å². The van der Waals surface area contributed by atoms with Crippen molar-refractivity contribution in [1.82, 2.24) is 9.80 Å². The zero-order valence-corrected chi connectivity index (χ0v) is 15.4. The zero-order chi connectivity index (χ0) is 18.5. The first-order valence-electron chi connectivity index (χ1n) is 8.97. The number of anilines is 1. The number of carbonyl (C=O) groups is 2. The van der Waals surface area contributed by atoms with Gasteiger partial charge < -0.3 is 14.7 Å². The van der Waals surface area contributed by atoms with Crippen LogP contribution in [0.25, 0.3) is 0 Å². The van der Waals surface area contributed by atoms with Gasteiger partial charge in [-0.05, 0) is 42.8 Å². The number of hydrogen-bond acceptors (Lipinski definition) is 3. The second-order valence-electron chi connectivity index (χ2n) is 6.75. The number of hydrogen-bond donors (Lipinski definition) is 0. The number of benzene rings is 2. The van der Waals surface area contributed by atoms with Crippen molar-refractivity contribution in [2.75, 3.05) is 45.2 Å². The molecule has 1 aliphatic heterocycles. The molecule has 1 aliphatic rings. The number of rotatable bonds is 3. The first kappa shape index (κ1) is 18.0. The van der Waals surface area contributed by atoms with Crippen LogP contribution < -0.4 is 4.90 Å². The smallest absolute Gasteiger partial charge is 0.253 e. The van der Waals surface area contributed by atoms with Crippen molar-refractivity contribution in [3.05, 3.63) is 65.7 Å². The van der Waals surface area contributed by atoms with Crippen molar-refractivity contribution in [1.29, 1.82) is 0 Å². The Morgan fingerprint density at radius 3 is 1.73 bits per heavy atom. The van der Waals surface area contributed by atoms with Crippen molar-refractivity contribution >= 4 is 17.5 Å². The Kier molecular flexibility index (Phi) is 5.56. The van der Waals surface area contributed by atoms with Crippen molar-refractivity contribution < 1.29 is 9.59 Å². The molecular formula is C21H25N3O2. The summed E-state index contributed by atoms with van der Waals surface area (Å²) in [4.78, 5) is 31.1. The summed E-state index contributed by atoms with van der Waals surface area (Å²) in [5.74, 6) is 0.0690. The topological polar surface area (TPSA) is 43.9 Å². The normalized spacial score (nSPS) is 14.7. The minimum absolute atomic E-state index is 0.0318. The molecule has 5 heteroatoms. The van der Waals surface area contributed by atoms with E-state index in [0.717, 1.165) is 12.1 Å². The molecule has 2 aromatic carbocycles. The van der Waals surface area contributed by atoms with E-state index in [2.05, 4.69) is 0 Å². The average Bonchev–Trinajstić information content (AvgIpc) is 2.94. The predicted molar refractivity (Wildman–Crippen MR) is 104 cm³/mol. The summed E-state index contributed by atoms with van der Waals surface area (Å²) < 4.78 is 0. The fourth-order valence-electron chi connectivity index (χ4n) is 3.17. The Labute approximate surface area is 154 Å². The van der Waals surface area contributed by atoms with E-state index in [1.54, 1.807) is 0 Å². The predicted octanol–water partition coefficient (Wildman–Crippen LogP) is 2.74. The van der Waals surface area contributed by atoms with E-state index in [1.807, 2.05) is 83.4 Å². The maximum absolute atomic E-state index is 12.8. The summed E-state index contributed by atoms with van der Waals surface area (Å²) in [5, 5.41) is 0. The van der Waals surface area contributed by atoms with E-state index in [0.29, 0.717) is 37.3 Å². The monoisotopic (exact) mass is 351 g/mol. The van der Waals surface area contributed by atoms with Gasteiger partial charge in [-0.3, -0.25) is 9.59 Å². The molecular weight excluding hydrogens is 326 g/mol. The fourth-order valence-corrected chi connectivity index (χ4v) is 3.17. The molecule has 0 aliphatic carbocycles. The van der Waals surface area contributed by atoms with Crippen LogP contribution in [0, 0.1) is 0 Å². The SMILES string of the molecule is CN(C)c1ccc(C(=O)N2CCCN(C(=O)c3ccccc3)CC2)cc1. The molecule has 0 atom stereocenters. The van der Waals surface area contributed by atoms with Gasteiger partial charge in [0.2, 0.25) is 0 Å². The molecule has 0 unspecified atom stereocenters. The highest BCUT2D eigenvalue weighted by Crippen LogP contribution is 2.16. The standard InChI is InChI=1S/C21H25N3O2/c1-22(2)19-11-9-18(10-12-19)21(26)24-14-6-13-23(15-16-24)20(25)17-7-4-3-5-8-17/h3-5,7-12H,6,13-16H2,1-2H3. The Morgan fingerprint density at radius 1 is 0.731 bits per heavy atom. The van der Waals surface area contributed by atoms with Crippen LogP contribution in [0.4, 0.5) is 5.69 Å². The first-order valence-corrected chi connectivity index (χ1v) is 8.97. The molecule has 0 spiro atoms. The molecule has 2 aromatic rings. The Hall–Kier alpha value is -2.82. The summed E-state index contributed by atoms with van der Waals surface area (Å²) in [7, 11) is 3.95.